The van der Waals surface area contributed by atoms with E-state index in [2.05, 4.69) is 39.0 Å². The Morgan fingerprint density at radius 1 is 1.26 bits per heavy atom. The second kappa shape index (κ2) is 7.95. The lowest BCUT2D eigenvalue weighted by atomic mass is 10.0. The first kappa shape index (κ1) is 15.7. The van der Waals surface area contributed by atoms with Crippen LogP contribution in [-0.2, 0) is 11.2 Å². The third-order valence-corrected chi connectivity index (χ3v) is 3.38. The third-order valence-electron chi connectivity index (χ3n) is 3.38. The summed E-state index contributed by atoms with van der Waals surface area (Å²) in [6.07, 6.45) is 2.62. The molecule has 0 spiro atoms. The molecule has 1 aromatic rings. The largest absolute Gasteiger partial charge is 0.341 e. The Labute approximate surface area is 116 Å². The van der Waals surface area contributed by atoms with Gasteiger partial charge >= 0.3 is 0 Å². The molecular formula is C16H26N2O. The fourth-order valence-electron chi connectivity index (χ4n) is 2.13. The molecule has 0 aliphatic carbocycles. The van der Waals surface area contributed by atoms with Crippen molar-refractivity contribution in [3.8, 4) is 0 Å². The van der Waals surface area contributed by atoms with Crippen molar-refractivity contribution < 1.29 is 4.79 Å². The molecule has 1 rings (SSSR count). The van der Waals surface area contributed by atoms with Crippen molar-refractivity contribution in [2.45, 2.75) is 40.0 Å². The number of nitrogens with two attached hydrogens (primary N) is 1. The summed E-state index contributed by atoms with van der Waals surface area (Å²) in [7, 11) is 0. The van der Waals surface area contributed by atoms with E-state index in [1.54, 1.807) is 0 Å². The van der Waals surface area contributed by atoms with Crippen LogP contribution in [0, 0.1) is 13.8 Å². The van der Waals surface area contributed by atoms with Crippen LogP contribution in [0.15, 0.2) is 18.2 Å². The van der Waals surface area contributed by atoms with Crippen molar-refractivity contribution >= 4 is 5.91 Å². The minimum atomic E-state index is 0.188. The number of carbonyl (C=O) groups is 1. The molecule has 2 N–H and O–H groups in total. The van der Waals surface area contributed by atoms with Crippen LogP contribution in [0.5, 0.6) is 0 Å². The van der Waals surface area contributed by atoms with Gasteiger partial charge in [-0.1, -0.05) is 37.1 Å². The van der Waals surface area contributed by atoms with Crippen molar-refractivity contribution in [2.24, 2.45) is 5.73 Å². The minimum absolute atomic E-state index is 0.188. The van der Waals surface area contributed by atoms with Gasteiger partial charge in [0.2, 0.25) is 5.91 Å². The molecule has 0 heterocycles. The Bertz CT molecular complexity index is 415. The van der Waals surface area contributed by atoms with Gasteiger partial charge in [0, 0.05) is 19.6 Å². The minimum Gasteiger partial charge on any atom is -0.341 e. The van der Waals surface area contributed by atoms with E-state index in [1.165, 1.54) is 11.1 Å². The van der Waals surface area contributed by atoms with Crippen LogP contribution in [0.3, 0.4) is 0 Å². The number of hydrogen-bond acceptors (Lipinski definition) is 2. The average Bonchev–Trinajstić information content (AvgIpc) is 2.38. The van der Waals surface area contributed by atoms with Crippen LogP contribution in [0.1, 0.15) is 36.5 Å². The van der Waals surface area contributed by atoms with E-state index in [-0.39, 0.29) is 5.91 Å². The van der Waals surface area contributed by atoms with Gasteiger partial charge < -0.3 is 10.6 Å². The third kappa shape index (κ3) is 5.03. The zero-order chi connectivity index (χ0) is 14.3. The number of rotatable bonds is 7. The molecule has 0 saturated heterocycles. The van der Waals surface area contributed by atoms with E-state index in [4.69, 9.17) is 5.73 Å². The smallest absolute Gasteiger partial charge is 0.227 e. The van der Waals surface area contributed by atoms with Crippen molar-refractivity contribution in [3.63, 3.8) is 0 Å². The van der Waals surface area contributed by atoms with Crippen molar-refractivity contribution in [1.82, 2.24) is 4.90 Å². The van der Waals surface area contributed by atoms with Crippen LogP contribution >= 0.6 is 0 Å². The molecule has 19 heavy (non-hydrogen) atoms. The van der Waals surface area contributed by atoms with E-state index in [0.717, 1.165) is 24.9 Å². The molecule has 0 aromatic heterocycles. The normalized spacial score (nSPS) is 10.5. The van der Waals surface area contributed by atoms with Crippen LogP contribution in [0.4, 0.5) is 0 Å². The van der Waals surface area contributed by atoms with E-state index >= 15 is 0 Å². The molecule has 3 nitrogen and oxygen atoms in total. The van der Waals surface area contributed by atoms with Gasteiger partial charge in [0.1, 0.15) is 0 Å². The molecular weight excluding hydrogens is 236 g/mol. The number of unbranched alkanes of at least 4 members (excludes halogenated alkanes) is 1. The van der Waals surface area contributed by atoms with E-state index in [9.17, 15) is 4.79 Å². The number of aryl methyl sites for hydroxylation is 2. The van der Waals surface area contributed by atoms with E-state index in [1.807, 2.05) is 4.90 Å². The topological polar surface area (TPSA) is 46.3 Å². The van der Waals surface area contributed by atoms with E-state index < -0.39 is 0 Å². The number of benzene rings is 1. The number of nitrogens with zero attached hydrogens (tertiary/aromatic N) is 1. The second-order valence-electron chi connectivity index (χ2n) is 5.13. The van der Waals surface area contributed by atoms with Crippen molar-refractivity contribution in [3.05, 3.63) is 34.9 Å². The Morgan fingerprint density at radius 3 is 2.63 bits per heavy atom. The van der Waals surface area contributed by atoms with Crippen molar-refractivity contribution in [1.29, 1.82) is 0 Å². The maximum atomic E-state index is 12.3. The summed E-state index contributed by atoms with van der Waals surface area (Å²) in [5.41, 5.74) is 9.10. The first-order chi connectivity index (χ1) is 9.08. The zero-order valence-corrected chi connectivity index (χ0v) is 12.4. The molecule has 0 atom stereocenters. The molecule has 3 heteroatoms. The summed E-state index contributed by atoms with van der Waals surface area (Å²) < 4.78 is 0. The van der Waals surface area contributed by atoms with Gasteiger partial charge in [-0.2, -0.15) is 0 Å². The first-order valence-corrected chi connectivity index (χ1v) is 7.12. The molecule has 0 bridgehead atoms. The quantitative estimate of drug-likeness (QED) is 0.820. The van der Waals surface area contributed by atoms with E-state index in [0.29, 0.717) is 19.5 Å². The molecule has 106 valence electrons. The summed E-state index contributed by atoms with van der Waals surface area (Å²) >= 11 is 0. The highest BCUT2D eigenvalue weighted by Gasteiger charge is 2.13. The maximum absolute atomic E-state index is 12.3. The van der Waals surface area contributed by atoms with Crippen LogP contribution in [-0.4, -0.2) is 30.4 Å². The Balaban J connectivity index is 2.71. The van der Waals surface area contributed by atoms with Gasteiger partial charge in [0.25, 0.3) is 0 Å². The average molecular weight is 262 g/mol. The fraction of sp³-hybridized carbons (Fsp3) is 0.562. The highest BCUT2D eigenvalue weighted by atomic mass is 16.2. The van der Waals surface area contributed by atoms with Gasteiger partial charge in [-0.15, -0.1) is 0 Å². The predicted octanol–water partition coefficient (Wildman–Crippen LogP) is 2.43. The standard InChI is InChI=1S/C16H26N2O/c1-4-5-9-18(10-8-17)16(19)12-15-11-13(2)6-7-14(15)3/h6-7,11H,4-5,8-10,12,17H2,1-3H3. The fourth-order valence-corrected chi connectivity index (χ4v) is 2.13. The van der Waals surface area contributed by atoms with Gasteiger partial charge in [-0.05, 0) is 31.4 Å². The summed E-state index contributed by atoms with van der Waals surface area (Å²) in [5.74, 6) is 0.188. The zero-order valence-electron chi connectivity index (χ0n) is 12.4. The maximum Gasteiger partial charge on any atom is 0.227 e. The second-order valence-corrected chi connectivity index (χ2v) is 5.13. The molecule has 1 aromatic carbocycles. The van der Waals surface area contributed by atoms with Gasteiger partial charge in [-0.25, -0.2) is 0 Å². The molecule has 0 aliphatic heterocycles. The lowest BCUT2D eigenvalue weighted by Gasteiger charge is -2.22. The Morgan fingerprint density at radius 2 is 2.00 bits per heavy atom. The highest BCUT2D eigenvalue weighted by Crippen LogP contribution is 2.12. The van der Waals surface area contributed by atoms with Gasteiger partial charge in [0.05, 0.1) is 6.42 Å². The molecule has 0 aliphatic rings. The van der Waals surface area contributed by atoms with Gasteiger partial charge in [-0.3, -0.25) is 4.79 Å². The molecule has 1 amide bonds. The molecule has 0 unspecified atom stereocenters. The SMILES string of the molecule is CCCCN(CCN)C(=O)Cc1cc(C)ccc1C. The van der Waals surface area contributed by atoms with Crippen LogP contribution in [0.2, 0.25) is 0 Å². The molecule has 0 saturated carbocycles. The summed E-state index contributed by atoms with van der Waals surface area (Å²) in [6.45, 7) is 8.25. The summed E-state index contributed by atoms with van der Waals surface area (Å²) in [6, 6.07) is 6.27. The first-order valence-electron chi connectivity index (χ1n) is 7.12. The monoisotopic (exact) mass is 262 g/mol. The van der Waals surface area contributed by atoms with Crippen LogP contribution < -0.4 is 5.73 Å². The van der Waals surface area contributed by atoms with Crippen molar-refractivity contribution in [2.75, 3.05) is 19.6 Å². The Kier molecular flexibility index (Phi) is 6.57. The number of carbonyl (C=O) groups excluding carboxylic acids is 1. The van der Waals surface area contributed by atoms with Crippen LogP contribution in [0.25, 0.3) is 0 Å². The summed E-state index contributed by atoms with van der Waals surface area (Å²) in [5, 5.41) is 0. The lowest BCUT2D eigenvalue weighted by Crippen LogP contribution is -2.37. The predicted molar refractivity (Wildman–Crippen MR) is 80.2 cm³/mol. The van der Waals surface area contributed by atoms with Gasteiger partial charge in [0.15, 0.2) is 0 Å². The number of amides is 1. The number of hydrogen-bond donors (Lipinski definition) is 1. The lowest BCUT2D eigenvalue weighted by molar-refractivity contribution is -0.130. The molecule has 0 fully saturated rings. The molecule has 0 radical (unpaired) electrons. The highest BCUT2D eigenvalue weighted by molar-refractivity contribution is 5.79. The summed E-state index contributed by atoms with van der Waals surface area (Å²) in [4.78, 5) is 14.2. The Hall–Kier alpha value is -1.35.